The Labute approximate surface area is 425 Å². The zero-order chi connectivity index (χ0) is 50.9. The van der Waals surface area contributed by atoms with E-state index in [9.17, 15) is 0 Å². The number of fused-ring (bicyclic) bond motifs is 6. The number of aryl methyl sites for hydroxylation is 8. The van der Waals surface area contributed by atoms with E-state index in [0.717, 1.165) is 50.6 Å². The molecule has 358 valence electrons. The fraction of sp³-hybridized carbons (Fsp3) is 0.239. The van der Waals surface area contributed by atoms with Crippen molar-refractivity contribution in [3.05, 3.63) is 192 Å². The van der Waals surface area contributed by atoms with E-state index in [0.29, 0.717) is 5.82 Å². The van der Waals surface area contributed by atoms with E-state index >= 15 is 0 Å². The van der Waals surface area contributed by atoms with Crippen molar-refractivity contribution in [2.45, 2.75) is 111 Å². The van der Waals surface area contributed by atoms with Crippen LogP contribution in [-0.2, 0) is 0 Å². The third kappa shape index (κ3) is 6.62. The lowest BCUT2D eigenvalue weighted by Crippen LogP contribution is -2.06. The molecule has 11 aromatic rings. The summed E-state index contributed by atoms with van der Waals surface area (Å²) in [6.07, 6.45) is 4.09. The van der Waals surface area contributed by atoms with Gasteiger partial charge in [-0.25, -0.2) is 9.97 Å². The number of pyridine rings is 1. The predicted octanol–water partition coefficient (Wildman–Crippen LogP) is 17.7. The van der Waals surface area contributed by atoms with Crippen molar-refractivity contribution in [2.24, 2.45) is 0 Å². The van der Waals surface area contributed by atoms with Crippen LogP contribution in [0.5, 0.6) is 0 Å². The summed E-state index contributed by atoms with van der Waals surface area (Å²) in [6.45, 7) is 37.0. The van der Waals surface area contributed by atoms with E-state index in [1.165, 1.54) is 133 Å². The molecule has 0 bridgehead atoms. The second kappa shape index (κ2) is 17.0. The predicted molar refractivity (Wildman–Crippen MR) is 306 cm³/mol. The second-order valence-corrected chi connectivity index (χ2v) is 20.9. The summed E-state index contributed by atoms with van der Waals surface area (Å²) < 4.78 is 5.22. The van der Waals surface area contributed by atoms with Crippen molar-refractivity contribution in [1.29, 1.82) is 0 Å². The molecule has 4 heterocycles. The number of hydrogen-bond acceptors (Lipinski definition) is 3. The number of nitrogens with zero attached hydrogens (tertiary/aromatic N) is 5. The van der Waals surface area contributed by atoms with Crippen LogP contribution < -0.4 is 0 Å². The zero-order valence-electron chi connectivity index (χ0n) is 45.1. The van der Waals surface area contributed by atoms with Crippen LogP contribution in [0.3, 0.4) is 0 Å². The average molecular weight is 940 g/mol. The summed E-state index contributed by atoms with van der Waals surface area (Å²) >= 11 is 0. The van der Waals surface area contributed by atoms with E-state index < -0.39 is 0 Å². The fourth-order valence-electron chi connectivity index (χ4n) is 12.2. The highest BCUT2D eigenvalue weighted by molar-refractivity contribution is 6.17. The first kappa shape index (κ1) is 46.7. The molecule has 0 fully saturated rings. The van der Waals surface area contributed by atoms with Crippen LogP contribution in [0, 0.1) is 111 Å². The second-order valence-electron chi connectivity index (χ2n) is 20.9. The minimum atomic E-state index is 0.689. The van der Waals surface area contributed by atoms with E-state index in [1.54, 1.807) is 0 Å². The fourth-order valence-corrected chi connectivity index (χ4v) is 12.2. The molecule has 72 heavy (non-hydrogen) atoms. The highest BCUT2D eigenvalue weighted by atomic mass is 15.0. The first-order chi connectivity index (χ1) is 34.4. The van der Waals surface area contributed by atoms with Crippen LogP contribution >= 0.6 is 0 Å². The molecule has 0 saturated heterocycles. The van der Waals surface area contributed by atoms with E-state index in [1.807, 2.05) is 12.3 Å². The van der Waals surface area contributed by atoms with Crippen LogP contribution in [0.25, 0.3) is 100 Å². The quantitative estimate of drug-likeness (QED) is 0.167. The lowest BCUT2D eigenvalue weighted by molar-refractivity contribution is 1.11. The number of rotatable bonds is 6. The number of hydrogen-bond donors (Lipinski definition) is 0. The maximum absolute atomic E-state index is 5.41. The van der Waals surface area contributed by atoms with E-state index in [4.69, 9.17) is 15.0 Å². The van der Waals surface area contributed by atoms with Gasteiger partial charge >= 0.3 is 0 Å². The normalized spacial score (nSPS) is 11.9. The van der Waals surface area contributed by atoms with Gasteiger partial charge in [0.25, 0.3) is 0 Å². The monoisotopic (exact) mass is 940 g/mol. The summed E-state index contributed by atoms with van der Waals surface area (Å²) in [6, 6.07) is 32.3. The van der Waals surface area contributed by atoms with Gasteiger partial charge in [0.15, 0.2) is 5.82 Å². The van der Waals surface area contributed by atoms with Gasteiger partial charge in [0.2, 0.25) is 0 Å². The summed E-state index contributed by atoms with van der Waals surface area (Å²) in [7, 11) is 0. The Balaban J connectivity index is 1.34. The molecule has 0 saturated carbocycles. The van der Waals surface area contributed by atoms with Gasteiger partial charge in [0.05, 0.1) is 44.8 Å². The zero-order valence-corrected chi connectivity index (χ0v) is 45.1. The van der Waals surface area contributed by atoms with Crippen molar-refractivity contribution in [3.8, 4) is 56.4 Å². The van der Waals surface area contributed by atoms with Crippen LogP contribution in [0.4, 0.5) is 0 Å². The standard InChI is InChI=1S/C67H65N5/c1-34-38(5)46(13)63-59(42(34)9)60-43(10)35(2)39(6)47(14)64(60)71(63)57-28-27-52(56-32-55(50-23-19-17-20-24-50)69-67(70-56)51-25-21-18-22-26-51)31-53(57)54-33-68-30-29-58(54)72-65-48(15)40(7)36(3)44(11)61(65)62-45(12)37(4)41(8)49(16)66(62)72/h17-33H,1-16H3. The summed E-state index contributed by atoms with van der Waals surface area (Å²) in [5, 5.41) is 5.35. The maximum atomic E-state index is 5.41. The molecule has 0 N–H and O–H groups in total. The molecule has 0 aliphatic heterocycles. The van der Waals surface area contributed by atoms with Gasteiger partial charge in [0, 0.05) is 61.8 Å². The van der Waals surface area contributed by atoms with Crippen LogP contribution in [0.15, 0.2) is 103 Å². The highest BCUT2D eigenvalue weighted by Gasteiger charge is 2.29. The minimum absolute atomic E-state index is 0.689. The van der Waals surface area contributed by atoms with E-state index in [2.05, 4.69) is 211 Å². The summed E-state index contributed by atoms with van der Waals surface area (Å²) in [5.74, 6) is 0.689. The third-order valence-electron chi connectivity index (χ3n) is 17.7. The van der Waals surface area contributed by atoms with Gasteiger partial charge in [-0.1, -0.05) is 66.7 Å². The lowest BCUT2D eigenvalue weighted by atomic mass is 9.90. The minimum Gasteiger partial charge on any atom is -0.308 e. The Bertz CT molecular complexity index is 3910. The molecule has 7 aromatic carbocycles. The van der Waals surface area contributed by atoms with Crippen molar-refractivity contribution in [3.63, 3.8) is 0 Å². The first-order valence-electron chi connectivity index (χ1n) is 25.5. The molecule has 4 aromatic heterocycles. The third-order valence-corrected chi connectivity index (χ3v) is 17.7. The Kier molecular flexibility index (Phi) is 11.0. The molecule has 0 atom stereocenters. The van der Waals surface area contributed by atoms with Gasteiger partial charge < -0.3 is 9.13 Å². The first-order valence-corrected chi connectivity index (χ1v) is 25.5. The van der Waals surface area contributed by atoms with E-state index in [-0.39, 0.29) is 0 Å². The maximum Gasteiger partial charge on any atom is 0.160 e. The Morgan fingerprint density at radius 2 is 0.667 bits per heavy atom. The Morgan fingerprint density at radius 3 is 1.08 bits per heavy atom. The molecular formula is C67H65N5. The lowest BCUT2D eigenvalue weighted by Gasteiger charge is -2.22. The van der Waals surface area contributed by atoms with Crippen molar-refractivity contribution < 1.29 is 0 Å². The summed E-state index contributed by atoms with van der Waals surface area (Å²) in [4.78, 5) is 15.7. The molecule has 11 rings (SSSR count). The molecule has 0 aliphatic carbocycles. The Hall–Kier alpha value is -7.63. The van der Waals surface area contributed by atoms with Gasteiger partial charge in [-0.05, 0) is 224 Å². The molecule has 5 nitrogen and oxygen atoms in total. The smallest absolute Gasteiger partial charge is 0.160 e. The molecule has 0 unspecified atom stereocenters. The number of aromatic nitrogens is 5. The molecule has 5 heteroatoms. The number of benzene rings is 7. The van der Waals surface area contributed by atoms with Gasteiger partial charge in [-0.2, -0.15) is 0 Å². The van der Waals surface area contributed by atoms with Gasteiger partial charge in [0.1, 0.15) is 0 Å². The van der Waals surface area contributed by atoms with Crippen molar-refractivity contribution in [1.82, 2.24) is 24.1 Å². The summed E-state index contributed by atoms with van der Waals surface area (Å²) in [5.41, 5.74) is 35.4. The van der Waals surface area contributed by atoms with Crippen LogP contribution in [-0.4, -0.2) is 24.1 Å². The van der Waals surface area contributed by atoms with Crippen LogP contribution in [0.1, 0.15) is 89.0 Å². The molecular weight excluding hydrogens is 875 g/mol. The molecule has 0 spiro atoms. The average Bonchev–Trinajstić information content (AvgIpc) is 3.96. The molecule has 0 amide bonds. The Morgan fingerprint density at radius 1 is 0.306 bits per heavy atom. The van der Waals surface area contributed by atoms with Crippen molar-refractivity contribution >= 4 is 43.6 Å². The van der Waals surface area contributed by atoms with Crippen LogP contribution in [0.2, 0.25) is 0 Å². The van der Waals surface area contributed by atoms with Crippen molar-refractivity contribution in [2.75, 3.05) is 0 Å². The molecule has 0 aliphatic rings. The van der Waals surface area contributed by atoms with Gasteiger partial charge in [-0.15, -0.1) is 0 Å². The highest BCUT2D eigenvalue weighted by Crippen LogP contribution is 2.49. The largest absolute Gasteiger partial charge is 0.308 e. The van der Waals surface area contributed by atoms with Gasteiger partial charge in [-0.3, -0.25) is 4.98 Å². The topological polar surface area (TPSA) is 48.5 Å². The SMILES string of the molecule is Cc1c(C)c(C)c2c(c1C)c1c(C)c(C)c(C)c(C)c1n2-c1ccncc1-c1cc(-c2cc(-c3ccccc3)nc(-c3ccccc3)n2)ccc1-n1c2c(C)c(C)c(C)c(C)c2c2c(C)c(C)c(C)c(C)c21. The molecule has 0 radical (unpaired) electrons.